The summed E-state index contributed by atoms with van der Waals surface area (Å²) in [6.45, 7) is 1.61. The second-order valence-corrected chi connectivity index (χ2v) is 6.05. The van der Waals surface area contributed by atoms with Crippen molar-refractivity contribution in [3.05, 3.63) is 72.2 Å². The lowest BCUT2D eigenvalue weighted by Gasteiger charge is -2.07. The first-order valence-electron chi connectivity index (χ1n) is 8.58. The monoisotopic (exact) mass is 348 g/mol. The number of benzene rings is 1. The van der Waals surface area contributed by atoms with Crippen LogP contribution in [0, 0.1) is 0 Å². The lowest BCUT2D eigenvalue weighted by molar-refractivity contribution is 0.409. The quantitative estimate of drug-likeness (QED) is 0.501. The number of nitrogens with one attached hydrogen (secondary N) is 1. The third-order valence-corrected chi connectivity index (χ3v) is 4.24. The third kappa shape index (κ3) is 3.48. The highest BCUT2D eigenvalue weighted by Gasteiger charge is 2.13. The maximum Gasteiger partial charge on any atom is 0.176 e. The van der Waals surface area contributed by atoms with Crippen molar-refractivity contribution in [2.45, 2.75) is 13.0 Å². The van der Waals surface area contributed by atoms with Crippen LogP contribution in [0.3, 0.4) is 0 Å². The van der Waals surface area contributed by atoms with Gasteiger partial charge < -0.3 is 18.9 Å². The first-order chi connectivity index (χ1) is 12.8. The highest BCUT2D eigenvalue weighted by molar-refractivity contribution is 5.87. The van der Waals surface area contributed by atoms with Crippen LogP contribution >= 0.6 is 0 Å². The van der Waals surface area contributed by atoms with E-state index in [-0.39, 0.29) is 0 Å². The molecule has 3 heterocycles. The number of furan rings is 2. The highest BCUT2D eigenvalue weighted by Crippen LogP contribution is 2.34. The van der Waals surface area contributed by atoms with Crippen molar-refractivity contribution >= 4 is 11.0 Å². The zero-order valence-electron chi connectivity index (χ0n) is 14.6. The van der Waals surface area contributed by atoms with E-state index in [1.54, 1.807) is 13.4 Å². The number of hydrogen-bond acceptors (Lipinski definition) is 5. The Balaban J connectivity index is 1.48. The SMILES string of the molecule is COc1cc(CNCCc2ccccn2)cc2cc(-c3ccco3)oc12. The van der Waals surface area contributed by atoms with Gasteiger partial charge in [0.1, 0.15) is 0 Å². The molecule has 132 valence electrons. The van der Waals surface area contributed by atoms with Gasteiger partial charge in [-0.15, -0.1) is 0 Å². The zero-order valence-corrected chi connectivity index (χ0v) is 14.6. The molecule has 0 saturated carbocycles. The van der Waals surface area contributed by atoms with Gasteiger partial charge in [0.2, 0.25) is 0 Å². The second kappa shape index (κ2) is 7.45. The Labute approximate surface area is 151 Å². The normalized spacial score (nSPS) is 11.1. The molecule has 0 fully saturated rings. The predicted octanol–water partition coefficient (Wildman–Crippen LogP) is 4.43. The van der Waals surface area contributed by atoms with E-state index in [1.807, 2.05) is 48.7 Å². The molecule has 0 saturated heterocycles. The molecule has 1 N–H and O–H groups in total. The summed E-state index contributed by atoms with van der Waals surface area (Å²) in [4.78, 5) is 4.34. The molecule has 0 aliphatic rings. The number of hydrogen-bond donors (Lipinski definition) is 1. The first-order valence-corrected chi connectivity index (χ1v) is 8.58. The summed E-state index contributed by atoms with van der Waals surface area (Å²) < 4.78 is 16.9. The highest BCUT2D eigenvalue weighted by atomic mass is 16.5. The van der Waals surface area contributed by atoms with Crippen molar-refractivity contribution in [2.75, 3.05) is 13.7 Å². The van der Waals surface area contributed by atoms with Crippen LogP contribution in [0.4, 0.5) is 0 Å². The minimum absolute atomic E-state index is 0.698. The average molecular weight is 348 g/mol. The summed E-state index contributed by atoms with van der Waals surface area (Å²) >= 11 is 0. The van der Waals surface area contributed by atoms with Crippen LogP contribution < -0.4 is 10.1 Å². The van der Waals surface area contributed by atoms with E-state index in [0.717, 1.165) is 47.5 Å². The van der Waals surface area contributed by atoms with Crippen molar-refractivity contribution in [3.8, 4) is 17.3 Å². The molecule has 0 radical (unpaired) electrons. The molecule has 0 bridgehead atoms. The van der Waals surface area contributed by atoms with E-state index in [0.29, 0.717) is 11.5 Å². The molecule has 0 unspecified atom stereocenters. The Bertz CT molecular complexity index is 975. The van der Waals surface area contributed by atoms with E-state index in [4.69, 9.17) is 13.6 Å². The average Bonchev–Trinajstić information content (AvgIpc) is 3.34. The summed E-state index contributed by atoms with van der Waals surface area (Å²) in [6, 6.07) is 15.8. The number of rotatable bonds is 7. The first kappa shape index (κ1) is 16.4. The Morgan fingerprint density at radius 3 is 2.81 bits per heavy atom. The maximum absolute atomic E-state index is 5.93. The Hall–Kier alpha value is -3.05. The number of methoxy groups -OCH3 is 1. The maximum atomic E-state index is 5.93. The summed E-state index contributed by atoms with van der Waals surface area (Å²) in [5.74, 6) is 2.13. The van der Waals surface area contributed by atoms with Gasteiger partial charge in [0.15, 0.2) is 22.9 Å². The fraction of sp³-hybridized carbons (Fsp3) is 0.190. The van der Waals surface area contributed by atoms with E-state index >= 15 is 0 Å². The Morgan fingerprint density at radius 2 is 2.04 bits per heavy atom. The van der Waals surface area contributed by atoms with Gasteiger partial charge in [-0.2, -0.15) is 0 Å². The third-order valence-electron chi connectivity index (χ3n) is 4.24. The molecular formula is C21H20N2O3. The van der Waals surface area contributed by atoms with Crippen LogP contribution in [-0.2, 0) is 13.0 Å². The molecule has 0 aliphatic carbocycles. The van der Waals surface area contributed by atoms with Crippen molar-refractivity contribution in [1.82, 2.24) is 10.3 Å². The van der Waals surface area contributed by atoms with Crippen LogP contribution in [-0.4, -0.2) is 18.6 Å². The number of fused-ring (bicyclic) bond motifs is 1. The minimum Gasteiger partial charge on any atom is -0.493 e. The largest absolute Gasteiger partial charge is 0.493 e. The van der Waals surface area contributed by atoms with Gasteiger partial charge >= 0.3 is 0 Å². The molecular weight excluding hydrogens is 328 g/mol. The van der Waals surface area contributed by atoms with E-state index in [2.05, 4.69) is 16.4 Å². The summed E-state index contributed by atoms with van der Waals surface area (Å²) in [7, 11) is 1.65. The number of pyridine rings is 1. The van der Waals surface area contributed by atoms with Crippen LogP contribution in [0.2, 0.25) is 0 Å². The van der Waals surface area contributed by atoms with Crippen LogP contribution in [0.1, 0.15) is 11.3 Å². The number of ether oxygens (including phenoxy) is 1. The van der Waals surface area contributed by atoms with E-state index in [1.165, 1.54) is 0 Å². The van der Waals surface area contributed by atoms with Gasteiger partial charge in [-0.25, -0.2) is 0 Å². The van der Waals surface area contributed by atoms with E-state index < -0.39 is 0 Å². The summed E-state index contributed by atoms with van der Waals surface area (Å²) in [6.07, 6.45) is 4.36. The molecule has 4 aromatic rings. The molecule has 1 aromatic carbocycles. The fourth-order valence-electron chi connectivity index (χ4n) is 2.97. The fourth-order valence-corrected chi connectivity index (χ4v) is 2.97. The van der Waals surface area contributed by atoms with E-state index in [9.17, 15) is 0 Å². The minimum atomic E-state index is 0.698. The van der Waals surface area contributed by atoms with Gasteiger partial charge in [0, 0.05) is 36.8 Å². The smallest absolute Gasteiger partial charge is 0.176 e. The molecule has 3 aromatic heterocycles. The summed E-state index contributed by atoms with van der Waals surface area (Å²) in [5.41, 5.74) is 2.96. The molecule has 5 nitrogen and oxygen atoms in total. The number of nitrogens with zero attached hydrogens (tertiary/aromatic N) is 1. The molecule has 26 heavy (non-hydrogen) atoms. The van der Waals surface area contributed by atoms with Crippen molar-refractivity contribution in [1.29, 1.82) is 0 Å². The molecule has 5 heteroatoms. The molecule has 4 rings (SSSR count). The molecule has 0 spiro atoms. The lowest BCUT2D eigenvalue weighted by Crippen LogP contribution is -2.17. The lowest BCUT2D eigenvalue weighted by atomic mass is 10.1. The molecule has 0 atom stereocenters. The van der Waals surface area contributed by atoms with Crippen molar-refractivity contribution in [2.24, 2.45) is 0 Å². The molecule has 0 amide bonds. The Morgan fingerprint density at radius 1 is 1.08 bits per heavy atom. The molecule has 0 aliphatic heterocycles. The van der Waals surface area contributed by atoms with Gasteiger partial charge in [0.05, 0.1) is 13.4 Å². The summed E-state index contributed by atoms with van der Waals surface area (Å²) in [5, 5.41) is 4.45. The van der Waals surface area contributed by atoms with Crippen molar-refractivity contribution in [3.63, 3.8) is 0 Å². The Kier molecular flexibility index (Phi) is 4.71. The number of aromatic nitrogens is 1. The van der Waals surface area contributed by atoms with Crippen LogP contribution in [0.25, 0.3) is 22.5 Å². The zero-order chi connectivity index (χ0) is 17.8. The topological polar surface area (TPSA) is 60.4 Å². The van der Waals surface area contributed by atoms with Crippen LogP contribution in [0.15, 0.2) is 69.8 Å². The van der Waals surface area contributed by atoms with Crippen molar-refractivity contribution < 1.29 is 13.6 Å². The second-order valence-electron chi connectivity index (χ2n) is 6.05. The standard InChI is InChI=1S/C21H20N2O3/c1-24-20-12-15(14-22-9-7-17-5-2-3-8-23-17)11-16-13-19(26-21(16)20)18-6-4-10-25-18/h2-6,8,10-13,22H,7,9,14H2,1H3. The predicted molar refractivity (Wildman–Crippen MR) is 100 cm³/mol. The van der Waals surface area contributed by atoms with Gasteiger partial charge in [0.25, 0.3) is 0 Å². The van der Waals surface area contributed by atoms with Gasteiger partial charge in [-0.1, -0.05) is 6.07 Å². The van der Waals surface area contributed by atoms with Gasteiger partial charge in [-0.05, 0) is 48.0 Å². The van der Waals surface area contributed by atoms with Crippen LogP contribution in [0.5, 0.6) is 5.75 Å². The van der Waals surface area contributed by atoms with Gasteiger partial charge in [-0.3, -0.25) is 4.98 Å².